The lowest BCUT2D eigenvalue weighted by Gasteiger charge is -2.14. The van der Waals surface area contributed by atoms with Gasteiger partial charge in [0, 0.05) is 18.2 Å². The smallest absolute Gasteiger partial charge is 0.258 e. The molecule has 1 N–H and O–H groups in total. The van der Waals surface area contributed by atoms with Crippen LogP contribution in [0, 0.1) is 10.1 Å². The molecule has 0 aromatic heterocycles. The molecule has 1 aliphatic rings. The van der Waals surface area contributed by atoms with Gasteiger partial charge in [0.15, 0.2) is 0 Å². The molecule has 0 spiro atoms. The van der Waals surface area contributed by atoms with Crippen LogP contribution < -0.4 is 4.72 Å². The van der Waals surface area contributed by atoms with Crippen molar-refractivity contribution >= 4 is 15.7 Å². The molecular formula is C16H16N2O4S. The highest BCUT2D eigenvalue weighted by atomic mass is 32.2. The monoisotopic (exact) mass is 332 g/mol. The number of rotatable bonds is 5. The van der Waals surface area contributed by atoms with Gasteiger partial charge in [0.05, 0.1) is 10.7 Å². The Hall–Kier alpha value is -2.25. The summed E-state index contributed by atoms with van der Waals surface area (Å²) in [5.41, 5.74) is 2.67. The molecule has 0 amide bonds. The van der Waals surface area contributed by atoms with Gasteiger partial charge < -0.3 is 0 Å². The van der Waals surface area contributed by atoms with Crippen LogP contribution >= 0.6 is 0 Å². The number of benzene rings is 2. The maximum atomic E-state index is 12.3. The van der Waals surface area contributed by atoms with Gasteiger partial charge in [-0.15, -0.1) is 0 Å². The second-order valence-electron chi connectivity index (χ2n) is 5.59. The zero-order chi connectivity index (χ0) is 16.4. The van der Waals surface area contributed by atoms with Crippen molar-refractivity contribution in [3.05, 3.63) is 75.3 Å². The number of hydrogen-bond donors (Lipinski definition) is 1. The highest BCUT2D eigenvalue weighted by Crippen LogP contribution is 2.31. The zero-order valence-corrected chi connectivity index (χ0v) is 13.1. The lowest BCUT2D eigenvalue weighted by molar-refractivity contribution is -0.384. The fourth-order valence-electron chi connectivity index (χ4n) is 2.87. The fourth-order valence-corrected chi connectivity index (χ4v) is 4.26. The van der Waals surface area contributed by atoms with Gasteiger partial charge in [-0.25, -0.2) is 13.1 Å². The average molecular weight is 332 g/mol. The molecule has 1 unspecified atom stereocenters. The zero-order valence-electron chi connectivity index (χ0n) is 12.3. The quantitative estimate of drug-likeness (QED) is 0.673. The Morgan fingerprint density at radius 2 is 1.83 bits per heavy atom. The lowest BCUT2D eigenvalue weighted by Crippen LogP contribution is -2.28. The van der Waals surface area contributed by atoms with E-state index in [2.05, 4.69) is 4.72 Å². The van der Waals surface area contributed by atoms with Crippen LogP contribution in [0.25, 0.3) is 0 Å². The Labute approximate surface area is 134 Å². The van der Waals surface area contributed by atoms with Crippen LogP contribution in [-0.2, 0) is 22.2 Å². The molecule has 6 nitrogen and oxygen atoms in total. The van der Waals surface area contributed by atoms with Crippen LogP contribution in [0.3, 0.4) is 0 Å². The van der Waals surface area contributed by atoms with Crippen LogP contribution in [0.1, 0.15) is 29.2 Å². The number of nitro benzene ring substituents is 1. The Morgan fingerprint density at radius 3 is 2.52 bits per heavy atom. The highest BCUT2D eigenvalue weighted by molar-refractivity contribution is 7.88. The van der Waals surface area contributed by atoms with Crippen LogP contribution in [0.15, 0.2) is 48.5 Å². The number of non-ortho nitro benzene ring substituents is 1. The standard InChI is InChI=1S/C16H16N2O4S/c19-18(20)14-8-5-12(6-9-14)11-23(21,22)17-16-10-7-13-3-1-2-4-15(13)16/h1-6,8-9,16-17H,7,10-11H2. The van der Waals surface area contributed by atoms with Crippen molar-refractivity contribution in [2.24, 2.45) is 0 Å². The first-order chi connectivity index (χ1) is 10.9. The molecule has 1 atom stereocenters. The number of nitrogens with one attached hydrogen (secondary N) is 1. The van der Waals surface area contributed by atoms with E-state index in [0.717, 1.165) is 18.4 Å². The van der Waals surface area contributed by atoms with E-state index in [1.807, 2.05) is 24.3 Å². The molecule has 1 aliphatic carbocycles. The van der Waals surface area contributed by atoms with E-state index in [4.69, 9.17) is 0 Å². The minimum absolute atomic E-state index is 0.0520. The number of nitro groups is 1. The molecule has 0 bridgehead atoms. The average Bonchev–Trinajstić information content (AvgIpc) is 2.90. The molecule has 120 valence electrons. The van der Waals surface area contributed by atoms with E-state index in [-0.39, 0.29) is 17.5 Å². The third kappa shape index (κ3) is 3.57. The third-order valence-electron chi connectivity index (χ3n) is 3.96. The summed E-state index contributed by atoms with van der Waals surface area (Å²) in [5.74, 6) is -0.191. The predicted octanol–water partition coefficient (Wildman–Crippen LogP) is 2.70. The topological polar surface area (TPSA) is 89.3 Å². The van der Waals surface area contributed by atoms with Crippen LogP contribution in [0.2, 0.25) is 0 Å². The summed E-state index contributed by atoms with van der Waals surface area (Å²) >= 11 is 0. The first-order valence-electron chi connectivity index (χ1n) is 7.26. The number of nitrogens with zero attached hydrogens (tertiary/aromatic N) is 1. The molecule has 2 aromatic rings. The Morgan fingerprint density at radius 1 is 1.13 bits per heavy atom. The molecule has 0 saturated carbocycles. The van der Waals surface area contributed by atoms with Gasteiger partial charge >= 0.3 is 0 Å². The first kappa shape index (κ1) is 15.6. The minimum atomic E-state index is -3.51. The van der Waals surface area contributed by atoms with Gasteiger partial charge in [-0.3, -0.25) is 10.1 Å². The van der Waals surface area contributed by atoms with Crippen molar-refractivity contribution in [1.29, 1.82) is 0 Å². The fraction of sp³-hybridized carbons (Fsp3) is 0.250. The summed E-state index contributed by atoms with van der Waals surface area (Å²) in [6, 6.07) is 13.2. The number of aryl methyl sites for hydroxylation is 1. The van der Waals surface area contributed by atoms with Crippen molar-refractivity contribution in [3.63, 3.8) is 0 Å². The summed E-state index contributed by atoms with van der Waals surface area (Å²) < 4.78 is 27.4. The van der Waals surface area contributed by atoms with E-state index < -0.39 is 14.9 Å². The summed E-state index contributed by atoms with van der Waals surface area (Å²) in [6.45, 7) is 0. The van der Waals surface area contributed by atoms with Crippen molar-refractivity contribution < 1.29 is 13.3 Å². The van der Waals surface area contributed by atoms with Crippen molar-refractivity contribution in [2.75, 3.05) is 0 Å². The van der Waals surface area contributed by atoms with Gasteiger partial charge in [-0.2, -0.15) is 0 Å². The van der Waals surface area contributed by atoms with E-state index in [1.165, 1.54) is 29.8 Å². The Balaban J connectivity index is 1.72. The molecule has 2 aromatic carbocycles. The van der Waals surface area contributed by atoms with E-state index in [1.54, 1.807) is 0 Å². The summed E-state index contributed by atoms with van der Waals surface area (Å²) in [6.07, 6.45) is 1.61. The molecule has 0 radical (unpaired) electrons. The number of hydrogen-bond acceptors (Lipinski definition) is 4. The molecule has 3 rings (SSSR count). The second-order valence-corrected chi connectivity index (χ2v) is 7.34. The predicted molar refractivity (Wildman–Crippen MR) is 86.4 cm³/mol. The van der Waals surface area contributed by atoms with Gasteiger partial charge in [0.25, 0.3) is 5.69 Å². The first-order valence-corrected chi connectivity index (χ1v) is 8.91. The lowest BCUT2D eigenvalue weighted by atomic mass is 10.1. The maximum absolute atomic E-state index is 12.3. The van der Waals surface area contributed by atoms with Gasteiger partial charge in [0.2, 0.25) is 10.0 Å². The molecule has 0 saturated heterocycles. The Kier molecular flexibility index (Phi) is 4.14. The SMILES string of the molecule is O=[N+]([O-])c1ccc(CS(=O)(=O)NC2CCc3ccccc32)cc1. The van der Waals surface area contributed by atoms with E-state index >= 15 is 0 Å². The normalized spacial score (nSPS) is 17.0. The van der Waals surface area contributed by atoms with E-state index in [9.17, 15) is 18.5 Å². The molecular weight excluding hydrogens is 316 g/mol. The maximum Gasteiger partial charge on any atom is 0.269 e. The third-order valence-corrected chi connectivity index (χ3v) is 5.32. The number of sulfonamides is 1. The van der Waals surface area contributed by atoms with Crippen molar-refractivity contribution in [1.82, 2.24) is 4.72 Å². The van der Waals surface area contributed by atoms with Crippen LogP contribution in [-0.4, -0.2) is 13.3 Å². The highest BCUT2D eigenvalue weighted by Gasteiger charge is 2.26. The molecule has 0 aliphatic heterocycles. The molecule has 7 heteroatoms. The summed E-state index contributed by atoms with van der Waals surface area (Å²) in [5, 5.41) is 10.6. The largest absolute Gasteiger partial charge is 0.269 e. The van der Waals surface area contributed by atoms with E-state index in [0.29, 0.717) is 5.56 Å². The van der Waals surface area contributed by atoms with Gasteiger partial charge in [-0.1, -0.05) is 36.4 Å². The van der Waals surface area contributed by atoms with Crippen molar-refractivity contribution in [3.8, 4) is 0 Å². The minimum Gasteiger partial charge on any atom is -0.258 e. The molecule has 23 heavy (non-hydrogen) atoms. The molecule has 0 heterocycles. The number of fused-ring (bicyclic) bond motifs is 1. The van der Waals surface area contributed by atoms with Crippen LogP contribution in [0.4, 0.5) is 5.69 Å². The van der Waals surface area contributed by atoms with Crippen LogP contribution in [0.5, 0.6) is 0 Å². The molecule has 0 fully saturated rings. The van der Waals surface area contributed by atoms with Gasteiger partial charge in [0.1, 0.15) is 0 Å². The summed E-state index contributed by atoms with van der Waals surface area (Å²) in [7, 11) is -3.51. The second kappa shape index (κ2) is 6.10. The summed E-state index contributed by atoms with van der Waals surface area (Å²) in [4.78, 5) is 10.1. The Bertz CT molecular complexity index is 831. The van der Waals surface area contributed by atoms with Gasteiger partial charge in [-0.05, 0) is 29.5 Å². The van der Waals surface area contributed by atoms with Crippen molar-refractivity contribution in [2.45, 2.75) is 24.6 Å².